The van der Waals surface area contributed by atoms with Gasteiger partial charge < -0.3 is 0 Å². The van der Waals surface area contributed by atoms with E-state index in [0.717, 1.165) is 0 Å². The van der Waals surface area contributed by atoms with Crippen LogP contribution in [0.1, 0.15) is 0 Å². The molecule has 0 heterocycles. The Morgan fingerprint density at radius 1 is 0.867 bits per heavy atom. The molecular weight excluding hydrogens is 218 g/mol. The fraction of sp³-hybridized carbons (Fsp3) is 0. The lowest BCUT2D eigenvalue weighted by atomic mass is 10.1. The molecule has 3 heteroatoms. The molecule has 0 radical (unpaired) electrons. The third-order valence-electron chi connectivity index (χ3n) is 2.06. The van der Waals surface area contributed by atoms with E-state index in [-0.39, 0.29) is 5.82 Å². The molecule has 0 aliphatic carbocycles. The van der Waals surface area contributed by atoms with Gasteiger partial charge in [0.25, 0.3) is 0 Å². The van der Waals surface area contributed by atoms with Crippen molar-refractivity contribution in [2.45, 2.75) is 0 Å². The number of halogens is 3. The molecule has 0 nitrogen and oxygen atoms in total. The van der Waals surface area contributed by atoms with E-state index in [4.69, 9.17) is 11.6 Å². The maximum absolute atomic E-state index is 13.0. The fourth-order valence-corrected chi connectivity index (χ4v) is 1.60. The molecule has 0 N–H and O–H groups in total. The molecule has 0 amide bonds. The molecule has 0 bridgehead atoms. The molecule has 2 aromatic carbocycles. The van der Waals surface area contributed by atoms with Gasteiger partial charge >= 0.3 is 0 Å². The smallest absolute Gasteiger partial charge is 0.123 e. The van der Waals surface area contributed by atoms with Gasteiger partial charge in [-0.05, 0) is 35.9 Å². The summed E-state index contributed by atoms with van der Waals surface area (Å²) in [5.74, 6) is -0.758. The first-order valence-corrected chi connectivity index (χ1v) is 4.75. The first kappa shape index (κ1) is 10.1. The van der Waals surface area contributed by atoms with E-state index in [1.165, 1.54) is 30.3 Å². The standard InChI is InChI=1S/C12H7ClF2/c13-12-5-4-10(15)7-11(12)8-2-1-3-9(14)6-8/h1-7H. The summed E-state index contributed by atoms with van der Waals surface area (Å²) < 4.78 is 25.9. The fourth-order valence-electron chi connectivity index (χ4n) is 1.37. The van der Waals surface area contributed by atoms with Gasteiger partial charge in [-0.2, -0.15) is 0 Å². The van der Waals surface area contributed by atoms with Crippen molar-refractivity contribution in [1.82, 2.24) is 0 Å². The molecule has 2 aromatic rings. The van der Waals surface area contributed by atoms with E-state index in [9.17, 15) is 8.78 Å². The van der Waals surface area contributed by atoms with Gasteiger partial charge in [0.2, 0.25) is 0 Å². The summed E-state index contributed by atoms with van der Waals surface area (Å²) in [6.07, 6.45) is 0. The predicted molar refractivity (Wildman–Crippen MR) is 56.8 cm³/mol. The number of benzene rings is 2. The first-order chi connectivity index (χ1) is 7.16. The van der Waals surface area contributed by atoms with Crippen molar-refractivity contribution in [3.63, 3.8) is 0 Å². The molecular formula is C12H7ClF2. The van der Waals surface area contributed by atoms with Gasteiger partial charge in [-0.25, -0.2) is 8.78 Å². The maximum atomic E-state index is 13.0. The molecule has 0 fully saturated rings. The Labute approximate surface area is 91.1 Å². The van der Waals surface area contributed by atoms with E-state index >= 15 is 0 Å². The molecule has 0 saturated heterocycles. The van der Waals surface area contributed by atoms with Gasteiger partial charge in [-0.1, -0.05) is 23.7 Å². The van der Waals surface area contributed by atoms with E-state index < -0.39 is 5.82 Å². The highest BCUT2D eigenvalue weighted by Crippen LogP contribution is 2.28. The average Bonchev–Trinajstić information content (AvgIpc) is 2.22. The van der Waals surface area contributed by atoms with Crippen LogP contribution in [0.2, 0.25) is 5.02 Å². The van der Waals surface area contributed by atoms with Crippen molar-refractivity contribution < 1.29 is 8.78 Å². The lowest BCUT2D eigenvalue weighted by molar-refractivity contribution is 0.626. The summed E-state index contributed by atoms with van der Waals surface area (Å²) in [6, 6.07) is 9.91. The summed E-state index contributed by atoms with van der Waals surface area (Å²) in [5, 5.41) is 0.405. The summed E-state index contributed by atoms with van der Waals surface area (Å²) >= 11 is 5.89. The number of rotatable bonds is 1. The monoisotopic (exact) mass is 224 g/mol. The van der Waals surface area contributed by atoms with Crippen molar-refractivity contribution in [1.29, 1.82) is 0 Å². The minimum Gasteiger partial charge on any atom is -0.207 e. The molecule has 2 rings (SSSR count). The van der Waals surface area contributed by atoms with Crippen molar-refractivity contribution in [2.75, 3.05) is 0 Å². The molecule has 0 aliphatic heterocycles. The number of hydrogen-bond acceptors (Lipinski definition) is 0. The Morgan fingerprint density at radius 3 is 2.33 bits per heavy atom. The Hall–Kier alpha value is -1.41. The Bertz CT molecular complexity index is 495. The van der Waals surface area contributed by atoms with Gasteiger partial charge in [0.05, 0.1) is 0 Å². The normalized spacial score (nSPS) is 10.3. The highest BCUT2D eigenvalue weighted by atomic mass is 35.5. The lowest BCUT2D eigenvalue weighted by Crippen LogP contribution is -1.83. The quantitative estimate of drug-likeness (QED) is 0.678. The number of hydrogen-bond donors (Lipinski definition) is 0. The SMILES string of the molecule is Fc1cccc(-c2cc(F)ccc2Cl)c1. The zero-order valence-electron chi connectivity index (χ0n) is 7.68. The van der Waals surface area contributed by atoms with Gasteiger partial charge in [0.15, 0.2) is 0 Å². The second-order valence-corrected chi connectivity index (χ2v) is 3.54. The summed E-state index contributed by atoms with van der Waals surface area (Å²) in [4.78, 5) is 0. The molecule has 0 atom stereocenters. The lowest BCUT2D eigenvalue weighted by Gasteiger charge is -2.04. The Kier molecular flexibility index (Phi) is 2.69. The van der Waals surface area contributed by atoms with Crippen LogP contribution >= 0.6 is 11.6 Å². The maximum Gasteiger partial charge on any atom is 0.123 e. The van der Waals surface area contributed by atoms with Crippen LogP contribution in [0.5, 0.6) is 0 Å². The van der Waals surface area contributed by atoms with Crippen LogP contribution in [0.25, 0.3) is 11.1 Å². The van der Waals surface area contributed by atoms with E-state index in [0.29, 0.717) is 16.1 Å². The van der Waals surface area contributed by atoms with Crippen LogP contribution in [0.3, 0.4) is 0 Å². The molecule has 0 spiro atoms. The van der Waals surface area contributed by atoms with Crippen molar-refractivity contribution >= 4 is 11.6 Å². The molecule has 15 heavy (non-hydrogen) atoms. The summed E-state index contributed by atoms with van der Waals surface area (Å²) in [7, 11) is 0. The van der Waals surface area contributed by atoms with Crippen LogP contribution in [-0.2, 0) is 0 Å². The second-order valence-electron chi connectivity index (χ2n) is 3.13. The first-order valence-electron chi connectivity index (χ1n) is 4.38. The molecule has 0 unspecified atom stereocenters. The van der Waals surface area contributed by atoms with Crippen LogP contribution < -0.4 is 0 Å². The van der Waals surface area contributed by atoms with E-state index in [1.807, 2.05) is 0 Å². The molecule has 0 aromatic heterocycles. The van der Waals surface area contributed by atoms with Crippen molar-refractivity contribution in [3.8, 4) is 11.1 Å². The largest absolute Gasteiger partial charge is 0.207 e. The minimum atomic E-state index is -0.390. The van der Waals surface area contributed by atoms with Gasteiger partial charge in [-0.3, -0.25) is 0 Å². The van der Waals surface area contributed by atoms with Crippen LogP contribution in [0.4, 0.5) is 8.78 Å². The van der Waals surface area contributed by atoms with E-state index in [1.54, 1.807) is 12.1 Å². The second kappa shape index (κ2) is 3.99. The molecule has 0 aliphatic rings. The molecule has 0 saturated carbocycles. The Balaban J connectivity index is 2.58. The predicted octanol–water partition coefficient (Wildman–Crippen LogP) is 4.29. The third-order valence-corrected chi connectivity index (χ3v) is 2.39. The third kappa shape index (κ3) is 2.16. The zero-order valence-corrected chi connectivity index (χ0v) is 8.43. The highest BCUT2D eigenvalue weighted by molar-refractivity contribution is 6.33. The topological polar surface area (TPSA) is 0 Å². The van der Waals surface area contributed by atoms with Crippen LogP contribution in [0, 0.1) is 11.6 Å². The van der Waals surface area contributed by atoms with Crippen LogP contribution in [-0.4, -0.2) is 0 Å². The van der Waals surface area contributed by atoms with Gasteiger partial charge in [0.1, 0.15) is 11.6 Å². The summed E-state index contributed by atoms with van der Waals surface area (Å²) in [6.45, 7) is 0. The highest BCUT2D eigenvalue weighted by Gasteiger charge is 2.05. The average molecular weight is 225 g/mol. The van der Waals surface area contributed by atoms with Gasteiger partial charge in [0, 0.05) is 10.6 Å². The summed E-state index contributed by atoms with van der Waals surface area (Å²) in [5.41, 5.74) is 1.07. The van der Waals surface area contributed by atoms with Crippen LogP contribution in [0.15, 0.2) is 42.5 Å². The van der Waals surface area contributed by atoms with Gasteiger partial charge in [-0.15, -0.1) is 0 Å². The Morgan fingerprint density at radius 2 is 1.60 bits per heavy atom. The minimum absolute atomic E-state index is 0.368. The van der Waals surface area contributed by atoms with Crippen molar-refractivity contribution in [2.24, 2.45) is 0 Å². The zero-order chi connectivity index (χ0) is 10.8. The van der Waals surface area contributed by atoms with E-state index in [2.05, 4.69) is 0 Å². The molecule has 76 valence electrons. The van der Waals surface area contributed by atoms with Crippen molar-refractivity contribution in [3.05, 3.63) is 59.1 Å².